The molecule has 2 saturated heterocycles. The van der Waals surface area contributed by atoms with Crippen LogP contribution in [0.4, 0.5) is 4.79 Å². The summed E-state index contributed by atoms with van der Waals surface area (Å²) in [6.07, 6.45) is 3.43. The smallest absolute Gasteiger partial charge is 0.329 e. The van der Waals surface area contributed by atoms with Crippen molar-refractivity contribution in [3.63, 3.8) is 0 Å². The lowest BCUT2D eigenvalue weighted by Gasteiger charge is -2.37. The Morgan fingerprint density at radius 2 is 2.00 bits per heavy atom. The number of carbonyl (C=O) groups excluding carboxylic acids is 1. The molecule has 0 aromatic carbocycles. The van der Waals surface area contributed by atoms with Crippen molar-refractivity contribution >= 4 is 12.0 Å². The number of rotatable bonds is 3. The number of carboxylic acids is 1. The second kappa shape index (κ2) is 6.43. The quantitative estimate of drug-likeness (QED) is 0.853. The van der Waals surface area contributed by atoms with Crippen LogP contribution in [0.3, 0.4) is 0 Å². The summed E-state index contributed by atoms with van der Waals surface area (Å²) in [5, 5.41) is 9.63. The van der Waals surface area contributed by atoms with Crippen LogP contribution in [-0.2, 0) is 9.53 Å². The first-order chi connectivity index (χ1) is 9.62. The predicted octanol–water partition coefficient (Wildman–Crippen LogP) is 1.55. The maximum Gasteiger partial charge on any atom is 0.329 e. The Morgan fingerprint density at radius 1 is 1.20 bits per heavy atom. The normalized spacial score (nSPS) is 27.4. The molecule has 1 N–H and O–H groups in total. The van der Waals surface area contributed by atoms with Gasteiger partial charge in [0.25, 0.3) is 0 Å². The number of likely N-dealkylation sites (tertiary alicyclic amines) is 1. The molecule has 6 heteroatoms. The lowest BCUT2D eigenvalue weighted by molar-refractivity contribution is -0.148. The summed E-state index contributed by atoms with van der Waals surface area (Å²) >= 11 is 0. The third-order valence-electron chi connectivity index (χ3n) is 4.27. The van der Waals surface area contributed by atoms with E-state index in [1.807, 2.05) is 6.92 Å². The van der Waals surface area contributed by atoms with Gasteiger partial charge in [0.15, 0.2) is 0 Å². The first-order valence-corrected chi connectivity index (χ1v) is 7.49. The highest BCUT2D eigenvalue weighted by Gasteiger charge is 2.50. The third-order valence-corrected chi connectivity index (χ3v) is 4.27. The van der Waals surface area contributed by atoms with E-state index in [0.717, 1.165) is 19.3 Å². The molecule has 0 bridgehead atoms. The number of nitrogens with zero attached hydrogens (tertiary/aromatic N) is 2. The number of urea groups is 1. The predicted molar refractivity (Wildman–Crippen MR) is 73.6 cm³/mol. The number of carboxylic acid groups (broad SMARTS) is 1. The largest absolute Gasteiger partial charge is 0.479 e. The van der Waals surface area contributed by atoms with E-state index < -0.39 is 11.5 Å². The van der Waals surface area contributed by atoms with Crippen molar-refractivity contribution < 1.29 is 19.4 Å². The molecule has 2 amide bonds. The van der Waals surface area contributed by atoms with Crippen molar-refractivity contribution in [3.8, 4) is 0 Å². The van der Waals surface area contributed by atoms with Gasteiger partial charge in [-0.2, -0.15) is 0 Å². The zero-order chi connectivity index (χ0) is 14.6. The van der Waals surface area contributed by atoms with Crippen LogP contribution in [-0.4, -0.2) is 65.3 Å². The van der Waals surface area contributed by atoms with E-state index in [-0.39, 0.29) is 6.03 Å². The highest BCUT2D eigenvalue weighted by molar-refractivity contribution is 5.87. The van der Waals surface area contributed by atoms with E-state index in [4.69, 9.17) is 4.74 Å². The lowest BCUT2D eigenvalue weighted by atomic mass is 9.91. The number of hydrogen-bond acceptors (Lipinski definition) is 3. The van der Waals surface area contributed by atoms with Crippen molar-refractivity contribution in [2.24, 2.45) is 0 Å². The third kappa shape index (κ3) is 2.75. The fourth-order valence-corrected chi connectivity index (χ4v) is 3.27. The van der Waals surface area contributed by atoms with Crippen LogP contribution in [0.5, 0.6) is 0 Å². The van der Waals surface area contributed by atoms with Crippen LogP contribution in [0, 0.1) is 0 Å². The molecule has 0 radical (unpaired) electrons. The second-order valence-corrected chi connectivity index (χ2v) is 5.58. The summed E-state index contributed by atoms with van der Waals surface area (Å²) < 4.78 is 5.36. The summed E-state index contributed by atoms with van der Waals surface area (Å²) in [7, 11) is 0. The fraction of sp³-hybridized carbons (Fsp3) is 0.857. The molecular weight excluding hydrogens is 260 g/mol. The SMILES string of the molecule is CCCC1(C(=O)O)CCCN1C(=O)N1CCCOCC1. The molecule has 1 unspecified atom stereocenters. The molecule has 0 aliphatic carbocycles. The van der Waals surface area contributed by atoms with Crippen molar-refractivity contribution in [2.45, 2.75) is 44.6 Å². The molecule has 6 nitrogen and oxygen atoms in total. The molecule has 114 valence electrons. The lowest BCUT2D eigenvalue weighted by Crippen LogP contribution is -2.57. The minimum Gasteiger partial charge on any atom is -0.479 e. The maximum atomic E-state index is 12.7. The number of ether oxygens (including phenoxy) is 1. The average Bonchev–Trinajstić information content (AvgIpc) is 2.68. The number of hydrogen-bond donors (Lipinski definition) is 1. The summed E-state index contributed by atoms with van der Waals surface area (Å²) in [5.41, 5.74) is -1.00. The van der Waals surface area contributed by atoms with E-state index in [1.165, 1.54) is 0 Å². The second-order valence-electron chi connectivity index (χ2n) is 5.58. The van der Waals surface area contributed by atoms with E-state index in [0.29, 0.717) is 45.7 Å². The molecule has 20 heavy (non-hydrogen) atoms. The molecule has 1 atom stereocenters. The van der Waals surface area contributed by atoms with Crippen molar-refractivity contribution in [1.82, 2.24) is 9.80 Å². The Morgan fingerprint density at radius 3 is 2.70 bits per heavy atom. The average molecular weight is 284 g/mol. The van der Waals surface area contributed by atoms with Gasteiger partial charge in [-0.05, 0) is 25.7 Å². The van der Waals surface area contributed by atoms with Gasteiger partial charge in [0.1, 0.15) is 5.54 Å². The molecular formula is C14H24N2O4. The molecule has 2 heterocycles. The maximum absolute atomic E-state index is 12.7. The van der Waals surface area contributed by atoms with Crippen LogP contribution in [0.25, 0.3) is 0 Å². The van der Waals surface area contributed by atoms with Gasteiger partial charge < -0.3 is 19.6 Å². The van der Waals surface area contributed by atoms with Gasteiger partial charge in [0.2, 0.25) is 0 Å². The fourth-order valence-electron chi connectivity index (χ4n) is 3.27. The Kier molecular flexibility index (Phi) is 4.86. The molecule has 2 aliphatic rings. The number of amides is 2. The molecule has 0 aromatic heterocycles. The number of aliphatic carboxylic acids is 1. The standard InChI is InChI=1S/C14H24N2O4/c1-2-5-14(12(17)18)6-3-8-16(14)13(19)15-7-4-10-20-11-9-15/h2-11H2,1H3,(H,17,18). The van der Waals surface area contributed by atoms with Gasteiger partial charge in [0, 0.05) is 26.2 Å². The molecule has 0 aromatic rings. The minimum absolute atomic E-state index is 0.135. The first kappa shape index (κ1) is 15.1. The molecule has 0 saturated carbocycles. The van der Waals surface area contributed by atoms with Gasteiger partial charge in [0.05, 0.1) is 6.61 Å². The number of carbonyl (C=O) groups is 2. The van der Waals surface area contributed by atoms with Crippen molar-refractivity contribution in [2.75, 3.05) is 32.8 Å². The van der Waals surface area contributed by atoms with Gasteiger partial charge in [-0.1, -0.05) is 13.3 Å². The minimum atomic E-state index is -1.00. The molecule has 2 fully saturated rings. The van der Waals surface area contributed by atoms with Gasteiger partial charge in [-0.15, -0.1) is 0 Å². The highest BCUT2D eigenvalue weighted by Crippen LogP contribution is 2.35. The Bertz CT molecular complexity index is 366. The van der Waals surface area contributed by atoms with Crippen LogP contribution in [0.15, 0.2) is 0 Å². The molecule has 2 rings (SSSR count). The monoisotopic (exact) mass is 284 g/mol. The zero-order valence-electron chi connectivity index (χ0n) is 12.1. The van der Waals surface area contributed by atoms with Gasteiger partial charge in [-0.25, -0.2) is 9.59 Å². The summed E-state index contributed by atoms with van der Waals surface area (Å²) in [5.74, 6) is -0.865. The van der Waals surface area contributed by atoms with E-state index in [9.17, 15) is 14.7 Å². The summed E-state index contributed by atoms with van der Waals surface area (Å²) in [4.78, 5) is 27.8. The van der Waals surface area contributed by atoms with Crippen LogP contribution in [0.1, 0.15) is 39.0 Å². The van der Waals surface area contributed by atoms with Crippen LogP contribution >= 0.6 is 0 Å². The highest BCUT2D eigenvalue weighted by atomic mass is 16.5. The first-order valence-electron chi connectivity index (χ1n) is 7.49. The van der Waals surface area contributed by atoms with Gasteiger partial charge >= 0.3 is 12.0 Å². The van der Waals surface area contributed by atoms with Crippen molar-refractivity contribution in [3.05, 3.63) is 0 Å². The van der Waals surface area contributed by atoms with Gasteiger partial charge in [-0.3, -0.25) is 0 Å². The van der Waals surface area contributed by atoms with Crippen LogP contribution in [0.2, 0.25) is 0 Å². The van der Waals surface area contributed by atoms with Crippen molar-refractivity contribution in [1.29, 1.82) is 0 Å². The molecule has 0 spiro atoms. The summed E-state index contributed by atoms with van der Waals surface area (Å²) in [6.45, 7) is 4.92. The Hall–Kier alpha value is -1.30. The topological polar surface area (TPSA) is 70.1 Å². The Labute approximate surface area is 119 Å². The Balaban J connectivity index is 2.15. The molecule has 2 aliphatic heterocycles. The van der Waals surface area contributed by atoms with E-state index in [1.54, 1.807) is 9.80 Å². The summed E-state index contributed by atoms with van der Waals surface area (Å²) in [6, 6.07) is -0.135. The van der Waals surface area contributed by atoms with E-state index >= 15 is 0 Å². The zero-order valence-corrected chi connectivity index (χ0v) is 12.1. The van der Waals surface area contributed by atoms with Crippen LogP contribution < -0.4 is 0 Å². The van der Waals surface area contributed by atoms with E-state index in [2.05, 4.69) is 0 Å².